The Bertz CT molecular complexity index is 388. The van der Waals surface area contributed by atoms with E-state index in [0.29, 0.717) is 0 Å². The summed E-state index contributed by atoms with van der Waals surface area (Å²) in [7, 11) is 0. The maximum Gasteiger partial charge on any atom is 0.236 e. The molecule has 1 aromatic rings. The van der Waals surface area contributed by atoms with Gasteiger partial charge in [0, 0.05) is 0 Å². The second kappa shape index (κ2) is 4.32. The van der Waals surface area contributed by atoms with Crippen LogP contribution in [-0.2, 0) is 4.79 Å². The van der Waals surface area contributed by atoms with Gasteiger partial charge in [-0.25, -0.2) is 0 Å². The quantitative estimate of drug-likeness (QED) is 0.848. The van der Waals surface area contributed by atoms with Gasteiger partial charge >= 0.3 is 0 Å². The van der Waals surface area contributed by atoms with E-state index in [4.69, 9.17) is 11.5 Å². The molecule has 6 heteroatoms. The lowest BCUT2D eigenvalue weighted by Crippen LogP contribution is -2.43. The Morgan fingerprint density at radius 2 is 2.07 bits per heavy atom. The Morgan fingerprint density at radius 3 is 2.40 bits per heavy atom. The van der Waals surface area contributed by atoms with Crippen LogP contribution < -0.4 is 11.5 Å². The Morgan fingerprint density at radius 1 is 1.53 bits per heavy atom. The van der Waals surface area contributed by atoms with E-state index >= 15 is 0 Å². The van der Waals surface area contributed by atoms with E-state index in [-0.39, 0.29) is 6.04 Å². The third-order valence-electron chi connectivity index (χ3n) is 2.47. The van der Waals surface area contributed by atoms with Crippen LogP contribution in [0.2, 0.25) is 0 Å². The van der Waals surface area contributed by atoms with Crippen LogP contribution in [0.5, 0.6) is 0 Å². The van der Waals surface area contributed by atoms with E-state index in [1.807, 2.05) is 20.8 Å². The molecule has 1 amide bonds. The molecule has 15 heavy (non-hydrogen) atoms. The molecule has 0 saturated carbocycles. The first-order valence-electron chi connectivity index (χ1n) is 4.62. The molecule has 1 heterocycles. The lowest BCUT2D eigenvalue weighted by atomic mass is 10.1. The normalized spacial score (nSPS) is 15.0. The Labute approximate surface area is 96.9 Å². The first-order chi connectivity index (χ1) is 6.86. The van der Waals surface area contributed by atoms with Gasteiger partial charge in [0.05, 0.1) is 21.9 Å². The van der Waals surface area contributed by atoms with Gasteiger partial charge in [-0.05, 0) is 36.7 Å². The van der Waals surface area contributed by atoms with Crippen molar-refractivity contribution < 1.29 is 4.79 Å². The lowest BCUT2D eigenvalue weighted by Gasteiger charge is -2.18. The predicted octanol–water partition coefficient (Wildman–Crippen LogP) is 0.636. The third-order valence-corrected chi connectivity index (χ3v) is 3.62. The number of carbonyl (C=O) groups is 1. The van der Waals surface area contributed by atoms with E-state index in [1.165, 1.54) is 0 Å². The zero-order chi connectivity index (χ0) is 11.7. The van der Waals surface area contributed by atoms with Crippen molar-refractivity contribution in [2.75, 3.05) is 0 Å². The monoisotopic (exact) mass is 274 g/mol. The molecule has 0 aliphatic heterocycles. The molecule has 1 rings (SSSR count). The van der Waals surface area contributed by atoms with Crippen molar-refractivity contribution in [1.29, 1.82) is 0 Å². The molecule has 0 aliphatic rings. The van der Waals surface area contributed by atoms with Gasteiger partial charge in [0.1, 0.15) is 6.04 Å². The standard InChI is InChI=1S/C9H15BrN4O/c1-4-7(10)5(2)14(13-4)6(3)8(11)9(12)15/h6,8H,11H2,1-3H3,(H2,12,15). The highest BCUT2D eigenvalue weighted by molar-refractivity contribution is 9.10. The van der Waals surface area contributed by atoms with Crippen LogP contribution in [-0.4, -0.2) is 21.7 Å². The zero-order valence-electron chi connectivity index (χ0n) is 8.99. The van der Waals surface area contributed by atoms with Crippen molar-refractivity contribution in [1.82, 2.24) is 9.78 Å². The first kappa shape index (κ1) is 12.2. The fourth-order valence-electron chi connectivity index (χ4n) is 1.43. The molecule has 0 fully saturated rings. The molecule has 0 spiro atoms. The highest BCUT2D eigenvalue weighted by atomic mass is 79.9. The van der Waals surface area contributed by atoms with Crippen LogP contribution in [0.3, 0.4) is 0 Å². The summed E-state index contributed by atoms with van der Waals surface area (Å²) in [6, 6.07) is -0.970. The number of amides is 1. The highest BCUT2D eigenvalue weighted by Gasteiger charge is 2.23. The van der Waals surface area contributed by atoms with Gasteiger partial charge in [-0.1, -0.05) is 0 Å². The first-order valence-corrected chi connectivity index (χ1v) is 5.41. The van der Waals surface area contributed by atoms with Crippen molar-refractivity contribution in [3.05, 3.63) is 15.9 Å². The summed E-state index contributed by atoms with van der Waals surface area (Å²) in [6.45, 7) is 5.62. The molecule has 0 bridgehead atoms. The molecule has 5 nitrogen and oxygen atoms in total. The summed E-state index contributed by atoms with van der Waals surface area (Å²) in [6.07, 6.45) is 0. The van der Waals surface area contributed by atoms with Gasteiger partial charge in [0.2, 0.25) is 5.91 Å². The van der Waals surface area contributed by atoms with Gasteiger partial charge < -0.3 is 11.5 Å². The number of carbonyl (C=O) groups excluding carboxylic acids is 1. The highest BCUT2D eigenvalue weighted by Crippen LogP contribution is 2.23. The van der Waals surface area contributed by atoms with Crippen LogP contribution in [0, 0.1) is 13.8 Å². The Kier molecular flexibility index (Phi) is 3.51. The minimum Gasteiger partial charge on any atom is -0.368 e. The van der Waals surface area contributed by atoms with E-state index in [0.717, 1.165) is 15.9 Å². The largest absolute Gasteiger partial charge is 0.368 e. The number of aryl methyl sites for hydroxylation is 1. The van der Waals surface area contributed by atoms with Crippen LogP contribution >= 0.6 is 15.9 Å². The topological polar surface area (TPSA) is 86.9 Å². The summed E-state index contributed by atoms with van der Waals surface area (Å²) in [5, 5.41) is 4.30. The van der Waals surface area contributed by atoms with E-state index in [1.54, 1.807) is 4.68 Å². The molecule has 0 saturated heterocycles. The fraction of sp³-hybridized carbons (Fsp3) is 0.556. The van der Waals surface area contributed by atoms with E-state index in [9.17, 15) is 4.79 Å². The summed E-state index contributed by atoms with van der Waals surface area (Å²) in [4.78, 5) is 11.0. The fourth-order valence-corrected chi connectivity index (χ4v) is 1.69. The molecule has 4 N–H and O–H groups in total. The summed E-state index contributed by atoms with van der Waals surface area (Å²) < 4.78 is 2.65. The summed E-state index contributed by atoms with van der Waals surface area (Å²) in [5.41, 5.74) is 12.6. The number of primary amides is 1. The Hall–Kier alpha value is -0.880. The van der Waals surface area contributed by atoms with Crippen LogP contribution in [0.25, 0.3) is 0 Å². The Balaban J connectivity index is 3.06. The predicted molar refractivity (Wildman–Crippen MR) is 61.3 cm³/mol. The van der Waals surface area contributed by atoms with Crippen molar-refractivity contribution in [2.24, 2.45) is 11.5 Å². The van der Waals surface area contributed by atoms with Crippen molar-refractivity contribution in [3.8, 4) is 0 Å². The van der Waals surface area contributed by atoms with E-state index < -0.39 is 11.9 Å². The third kappa shape index (κ3) is 2.21. The SMILES string of the molecule is Cc1nn(C(C)C(N)C(N)=O)c(C)c1Br. The van der Waals surface area contributed by atoms with Crippen LogP contribution in [0.15, 0.2) is 4.47 Å². The smallest absolute Gasteiger partial charge is 0.236 e. The summed E-state index contributed by atoms with van der Waals surface area (Å²) in [5.74, 6) is -0.522. The second-order valence-electron chi connectivity index (χ2n) is 3.60. The number of aromatic nitrogens is 2. The molecule has 2 atom stereocenters. The average molecular weight is 275 g/mol. The maximum atomic E-state index is 11.0. The van der Waals surface area contributed by atoms with Gasteiger partial charge in [-0.3, -0.25) is 9.48 Å². The molecule has 0 aliphatic carbocycles. The van der Waals surface area contributed by atoms with Crippen molar-refractivity contribution >= 4 is 21.8 Å². The van der Waals surface area contributed by atoms with Crippen LogP contribution in [0.4, 0.5) is 0 Å². The number of halogens is 1. The van der Waals surface area contributed by atoms with Gasteiger partial charge in [-0.2, -0.15) is 5.10 Å². The van der Waals surface area contributed by atoms with Gasteiger partial charge in [0.25, 0.3) is 0 Å². The average Bonchev–Trinajstić information content (AvgIpc) is 2.43. The summed E-state index contributed by atoms with van der Waals surface area (Å²) >= 11 is 3.41. The molecule has 0 radical (unpaired) electrons. The minimum atomic E-state index is -0.727. The molecule has 2 unspecified atom stereocenters. The molecular formula is C9H15BrN4O. The van der Waals surface area contributed by atoms with Crippen LogP contribution in [0.1, 0.15) is 24.4 Å². The number of nitrogens with two attached hydrogens (primary N) is 2. The molecular weight excluding hydrogens is 260 g/mol. The van der Waals surface area contributed by atoms with E-state index in [2.05, 4.69) is 21.0 Å². The minimum absolute atomic E-state index is 0.243. The molecule has 1 aromatic heterocycles. The number of nitrogens with zero attached hydrogens (tertiary/aromatic N) is 2. The van der Waals surface area contributed by atoms with Gasteiger partial charge in [-0.15, -0.1) is 0 Å². The van der Waals surface area contributed by atoms with Gasteiger partial charge in [0.15, 0.2) is 0 Å². The lowest BCUT2D eigenvalue weighted by molar-refractivity contribution is -0.120. The molecule has 0 aromatic carbocycles. The maximum absolute atomic E-state index is 11.0. The zero-order valence-corrected chi connectivity index (χ0v) is 10.6. The molecule has 84 valence electrons. The van der Waals surface area contributed by atoms with Crippen molar-refractivity contribution in [3.63, 3.8) is 0 Å². The number of hydrogen-bond acceptors (Lipinski definition) is 3. The number of rotatable bonds is 3. The number of hydrogen-bond donors (Lipinski definition) is 2. The second-order valence-corrected chi connectivity index (χ2v) is 4.39. The van der Waals surface area contributed by atoms with Crippen molar-refractivity contribution in [2.45, 2.75) is 32.9 Å².